The van der Waals surface area contributed by atoms with Crippen molar-refractivity contribution in [2.24, 2.45) is 0 Å². The number of hydrogen-bond acceptors (Lipinski definition) is 4. The number of fused-ring (bicyclic) bond motifs is 3. The highest BCUT2D eigenvalue weighted by Gasteiger charge is 2.36. The molecule has 0 aliphatic heterocycles. The van der Waals surface area contributed by atoms with Crippen molar-refractivity contribution in [2.75, 3.05) is 6.61 Å². The molecule has 1 aliphatic rings. The third-order valence-electron chi connectivity index (χ3n) is 3.82. The summed E-state index contributed by atoms with van der Waals surface area (Å²) in [5, 5.41) is 18.3. The Balaban J connectivity index is 2.25. The lowest BCUT2D eigenvalue weighted by Crippen LogP contribution is -2.25. The monoisotopic (exact) mass is 296 g/mol. The Kier molecular flexibility index (Phi) is 3.35. The molecule has 22 heavy (non-hydrogen) atoms. The van der Waals surface area contributed by atoms with Crippen LogP contribution in [0.3, 0.4) is 0 Å². The molecule has 1 aliphatic carbocycles. The summed E-state index contributed by atoms with van der Waals surface area (Å²) in [6.45, 7) is -0.887. The standard InChI is InChI=1S/C17H12O5/c18-8-13(19)15(17(21)22)12-7-3-6-10-9-4-1-2-5-11(9)16(20)14(10)12/h1-7,15,18H,8H2,(H,21,22). The van der Waals surface area contributed by atoms with Crippen molar-refractivity contribution in [1.29, 1.82) is 0 Å². The average molecular weight is 296 g/mol. The van der Waals surface area contributed by atoms with Gasteiger partial charge in [-0.1, -0.05) is 42.5 Å². The van der Waals surface area contributed by atoms with Crippen molar-refractivity contribution in [2.45, 2.75) is 5.92 Å². The van der Waals surface area contributed by atoms with Crippen LogP contribution in [-0.2, 0) is 9.59 Å². The number of hydrogen-bond donors (Lipinski definition) is 2. The molecule has 5 heteroatoms. The summed E-state index contributed by atoms with van der Waals surface area (Å²) in [5.41, 5.74) is 2.20. The number of carbonyl (C=O) groups excluding carboxylic acids is 2. The molecule has 2 N–H and O–H groups in total. The van der Waals surface area contributed by atoms with Crippen LogP contribution in [0.4, 0.5) is 0 Å². The number of rotatable bonds is 4. The second kappa shape index (κ2) is 5.20. The molecule has 5 nitrogen and oxygen atoms in total. The van der Waals surface area contributed by atoms with Gasteiger partial charge in [0.2, 0.25) is 0 Å². The van der Waals surface area contributed by atoms with E-state index in [1.165, 1.54) is 6.07 Å². The Morgan fingerprint density at radius 3 is 2.23 bits per heavy atom. The van der Waals surface area contributed by atoms with Crippen molar-refractivity contribution in [1.82, 2.24) is 0 Å². The Morgan fingerprint density at radius 2 is 1.59 bits per heavy atom. The van der Waals surface area contributed by atoms with Gasteiger partial charge in [-0.15, -0.1) is 0 Å². The molecular weight excluding hydrogens is 284 g/mol. The summed E-state index contributed by atoms with van der Waals surface area (Å²) in [5.74, 6) is -4.06. The quantitative estimate of drug-likeness (QED) is 0.714. The van der Waals surface area contributed by atoms with Gasteiger partial charge in [0, 0.05) is 11.1 Å². The van der Waals surface area contributed by atoms with Gasteiger partial charge in [0.25, 0.3) is 0 Å². The van der Waals surface area contributed by atoms with Crippen LogP contribution in [-0.4, -0.2) is 34.4 Å². The predicted molar refractivity (Wildman–Crippen MR) is 77.8 cm³/mol. The van der Waals surface area contributed by atoms with Gasteiger partial charge in [-0.3, -0.25) is 14.4 Å². The molecule has 0 spiro atoms. The average Bonchev–Trinajstić information content (AvgIpc) is 2.81. The Hall–Kier alpha value is -2.79. The minimum atomic E-state index is -1.54. The van der Waals surface area contributed by atoms with E-state index in [1.807, 2.05) is 0 Å². The zero-order chi connectivity index (χ0) is 15.9. The lowest BCUT2D eigenvalue weighted by atomic mass is 9.88. The fourth-order valence-electron chi connectivity index (χ4n) is 2.87. The van der Waals surface area contributed by atoms with Gasteiger partial charge in [0.05, 0.1) is 0 Å². The van der Waals surface area contributed by atoms with Crippen LogP contribution in [0.5, 0.6) is 0 Å². The summed E-state index contributed by atoms with van der Waals surface area (Å²) < 4.78 is 0. The summed E-state index contributed by atoms with van der Waals surface area (Å²) in [4.78, 5) is 35.8. The van der Waals surface area contributed by atoms with E-state index in [1.54, 1.807) is 36.4 Å². The van der Waals surface area contributed by atoms with E-state index in [9.17, 15) is 19.5 Å². The van der Waals surface area contributed by atoms with Gasteiger partial charge in [0.15, 0.2) is 11.6 Å². The normalized spacial score (nSPS) is 13.4. The third-order valence-corrected chi connectivity index (χ3v) is 3.82. The molecule has 110 valence electrons. The Bertz CT molecular complexity index is 806. The molecule has 2 aromatic rings. The summed E-state index contributed by atoms with van der Waals surface area (Å²) in [7, 11) is 0. The van der Waals surface area contributed by atoms with Gasteiger partial charge < -0.3 is 10.2 Å². The maximum absolute atomic E-state index is 12.6. The first-order chi connectivity index (χ1) is 10.6. The van der Waals surface area contributed by atoms with E-state index in [4.69, 9.17) is 5.11 Å². The van der Waals surface area contributed by atoms with E-state index in [0.717, 1.165) is 5.56 Å². The molecule has 2 aromatic carbocycles. The van der Waals surface area contributed by atoms with E-state index in [-0.39, 0.29) is 16.9 Å². The number of Topliss-reactive ketones (excluding diaryl/α,β-unsaturated/α-hetero) is 1. The zero-order valence-corrected chi connectivity index (χ0v) is 11.4. The number of benzene rings is 2. The minimum absolute atomic E-state index is 0.130. The molecule has 0 amide bonds. The Morgan fingerprint density at radius 1 is 0.955 bits per heavy atom. The molecule has 0 heterocycles. The minimum Gasteiger partial charge on any atom is -0.480 e. The van der Waals surface area contributed by atoms with Gasteiger partial charge in [-0.2, -0.15) is 0 Å². The van der Waals surface area contributed by atoms with Crippen LogP contribution in [0, 0.1) is 0 Å². The van der Waals surface area contributed by atoms with Crippen molar-refractivity contribution >= 4 is 17.5 Å². The smallest absolute Gasteiger partial charge is 0.318 e. The van der Waals surface area contributed by atoms with Crippen LogP contribution < -0.4 is 0 Å². The van der Waals surface area contributed by atoms with Gasteiger partial charge in [0.1, 0.15) is 12.5 Å². The van der Waals surface area contributed by atoms with E-state index in [0.29, 0.717) is 11.1 Å². The highest BCUT2D eigenvalue weighted by molar-refractivity contribution is 6.23. The summed E-state index contributed by atoms with van der Waals surface area (Å²) in [6.07, 6.45) is 0. The van der Waals surface area contributed by atoms with Crippen LogP contribution >= 0.6 is 0 Å². The van der Waals surface area contributed by atoms with Gasteiger partial charge >= 0.3 is 5.97 Å². The second-order valence-electron chi connectivity index (χ2n) is 5.04. The molecule has 1 unspecified atom stereocenters. The van der Waals surface area contributed by atoms with Crippen molar-refractivity contribution in [3.63, 3.8) is 0 Å². The number of aliphatic carboxylic acids is 1. The molecule has 0 fully saturated rings. The largest absolute Gasteiger partial charge is 0.480 e. The SMILES string of the molecule is O=C1c2ccccc2-c2cccc(C(C(=O)O)C(=O)CO)c21. The zero-order valence-electron chi connectivity index (χ0n) is 11.4. The highest BCUT2D eigenvalue weighted by atomic mass is 16.4. The summed E-state index contributed by atoms with van der Waals surface area (Å²) in [6, 6.07) is 11.8. The first-order valence-electron chi connectivity index (χ1n) is 6.69. The molecule has 0 saturated heterocycles. The van der Waals surface area contributed by atoms with E-state index >= 15 is 0 Å². The number of carbonyl (C=O) groups is 3. The predicted octanol–water partition coefficient (Wildman–Crippen LogP) is 1.63. The molecule has 0 radical (unpaired) electrons. The lowest BCUT2D eigenvalue weighted by molar-refractivity contribution is -0.143. The molecule has 1 atom stereocenters. The topological polar surface area (TPSA) is 91.7 Å². The van der Waals surface area contributed by atoms with Gasteiger partial charge in [-0.05, 0) is 16.7 Å². The van der Waals surface area contributed by atoms with E-state index in [2.05, 4.69) is 0 Å². The van der Waals surface area contributed by atoms with Gasteiger partial charge in [-0.25, -0.2) is 0 Å². The number of aliphatic hydroxyl groups is 1. The summed E-state index contributed by atoms with van der Waals surface area (Å²) >= 11 is 0. The highest BCUT2D eigenvalue weighted by Crippen LogP contribution is 2.40. The third kappa shape index (κ3) is 1.95. The van der Waals surface area contributed by atoms with Crippen LogP contribution in [0.15, 0.2) is 42.5 Å². The fourth-order valence-corrected chi connectivity index (χ4v) is 2.87. The maximum Gasteiger partial charge on any atom is 0.318 e. The molecule has 0 aromatic heterocycles. The number of aliphatic hydroxyl groups excluding tert-OH is 1. The first-order valence-corrected chi connectivity index (χ1v) is 6.69. The fraction of sp³-hybridized carbons (Fsp3) is 0.118. The van der Waals surface area contributed by atoms with Crippen molar-refractivity contribution in [3.8, 4) is 11.1 Å². The number of carboxylic acids is 1. The molecule has 3 rings (SSSR count). The van der Waals surface area contributed by atoms with Crippen LogP contribution in [0.1, 0.15) is 27.4 Å². The second-order valence-corrected chi connectivity index (χ2v) is 5.04. The Labute approximate surface area is 125 Å². The number of carboxylic acid groups (broad SMARTS) is 1. The molecule has 0 saturated carbocycles. The van der Waals surface area contributed by atoms with Crippen molar-refractivity contribution in [3.05, 3.63) is 59.2 Å². The van der Waals surface area contributed by atoms with Crippen molar-refractivity contribution < 1.29 is 24.6 Å². The first kappa shape index (κ1) is 14.2. The van der Waals surface area contributed by atoms with E-state index < -0.39 is 24.3 Å². The molecule has 0 bridgehead atoms. The van der Waals surface area contributed by atoms with Crippen LogP contribution in [0.25, 0.3) is 11.1 Å². The molecular formula is C17H12O5. The lowest BCUT2D eigenvalue weighted by Gasteiger charge is -2.14. The van der Waals surface area contributed by atoms with Crippen LogP contribution in [0.2, 0.25) is 0 Å². The maximum atomic E-state index is 12.6. The number of ketones is 2.